The van der Waals surface area contributed by atoms with Crippen LogP contribution in [-0.2, 0) is 4.79 Å². The number of anilines is 1. The zero-order chi connectivity index (χ0) is 9.84. The van der Waals surface area contributed by atoms with E-state index in [-0.39, 0.29) is 11.8 Å². The Bertz CT molecular complexity index is 268. The molecular formula is C9H15N3O. The van der Waals surface area contributed by atoms with E-state index in [1.54, 1.807) is 24.3 Å². The first-order valence-electron chi connectivity index (χ1n) is 4.27. The number of aromatic amines is 1. The minimum Gasteiger partial charge on any atom is -0.366 e. The highest BCUT2D eigenvalue weighted by Gasteiger charge is 2.16. The molecule has 1 atom stereocenters. The number of carbonyl (C=O) groups is 1. The SMILES string of the molecule is CC(CN)C(=O)N(C)c1cc[nH]c1. The van der Waals surface area contributed by atoms with Crippen molar-refractivity contribution in [2.24, 2.45) is 11.7 Å². The number of rotatable bonds is 3. The van der Waals surface area contributed by atoms with Gasteiger partial charge >= 0.3 is 0 Å². The molecule has 1 aromatic rings. The van der Waals surface area contributed by atoms with Gasteiger partial charge in [-0.1, -0.05) is 6.92 Å². The maximum atomic E-state index is 11.6. The van der Waals surface area contributed by atoms with Crippen LogP contribution in [0.25, 0.3) is 0 Å². The Morgan fingerprint density at radius 3 is 2.92 bits per heavy atom. The molecule has 13 heavy (non-hydrogen) atoms. The molecule has 0 aromatic carbocycles. The zero-order valence-corrected chi connectivity index (χ0v) is 7.95. The molecule has 0 bridgehead atoms. The molecule has 0 saturated heterocycles. The molecule has 3 N–H and O–H groups in total. The van der Waals surface area contributed by atoms with Gasteiger partial charge in [-0.05, 0) is 6.07 Å². The van der Waals surface area contributed by atoms with E-state index in [1.165, 1.54) is 0 Å². The Labute approximate surface area is 77.7 Å². The maximum absolute atomic E-state index is 11.6. The van der Waals surface area contributed by atoms with Crippen molar-refractivity contribution in [2.45, 2.75) is 6.92 Å². The summed E-state index contributed by atoms with van der Waals surface area (Å²) in [6.07, 6.45) is 3.56. The third kappa shape index (κ3) is 2.09. The van der Waals surface area contributed by atoms with Crippen molar-refractivity contribution in [1.29, 1.82) is 0 Å². The van der Waals surface area contributed by atoms with E-state index in [2.05, 4.69) is 4.98 Å². The van der Waals surface area contributed by atoms with Gasteiger partial charge in [0.1, 0.15) is 0 Å². The van der Waals surface area contributed by atoms with Crippen LogP contribution in [0.3, 0.4) is 0 Å². The third-order valence-corrected chi connectivity index (χ3v) is 2.07. The molecule has 1 rings (SSSR count). The van der Waals surface area contributed by atoms with E-state index >= 15 is 0 Å². The van der Waals surface area contributed by atoms with Gasteiger partial charge in [0, 0.05) is 31.9 Å². The number of nitrogens with one attached hydrogen (secondary N) is 1. The molecule has 0 spiro atoms. The van der Waals surface area contributed by atoms with Gasteiger partial charge in [0.15, 0.2) is 0 Å². The summed E-state index contributed by atoms with van der Waals surface area (Å²) in [5.74, 6) is -0.0815. The highest BCUT2D eigenvalue weighted by molar-refractivity contribution is 5.94. The summed E-state index contributed by atoms with van der Waals surface area (Å²) in [6, 6.07) is 1.85. The molecular weight excluding hydrogens is 166 g/mol. The van der Waals surface area contributed by atoms with Gasteiger partial charge in [0.2, 0.25) is 5.91 Å². The summed E-state index contributed by atoms with van der Waals surface area (Å²) < 4.78 is 0. The van der Waals surface area contributed by atoms with Crippen LogP contribution in [0.15, 0.2) is 18.5 Å². The molecule has 1 heterocycles. The highest BCUT2D eigenvalue weighted by atomic mass is 16.2. The van der Waals surface area contributed by atoms with Gasteiger partial charge in [0.25, 0.3) is 0 Å². The first-order chi connectivity index (χ1) is 6.16. The molecule has 0 aliphatic rings. The van der Waals surface area contributed by atoms with Crippen LogP contribution in [0.2, 0.25) is 0 Å². The number of hydrogen-bond acceptors (Lipinski definition) is 2. The van der Waals surface area contributed by atoms with Gasteiger partial charge in [-0.25, -0.2) is 0 Å². The molecule has 1 amide bonds. The van der Waals surface area contributed by atoms with Gasteiger partial charge < -0.3 is 15.6 Å². The molecule has 0 aliphatic carbocycles. The predicted molar refractivity (Wildman–Crippen MR) is 52.4 cm³/mol. The molecule has 0 saturated carbocycles. The van der Waals surface area contributed by atoms with Crippen molar-refractivity contribution in [3.8, 4) is 0 Å². The van der Waals surface area contributed by atoms with Crippen LogP contribution in [0, 0.1) is 5.92 Å². The molecule has 0 radical (unpaired) electrons. The number of H-pyrrole nitrogens is 1. The molecule has 4 nitrogen and oxygen atoms in total. The van der Waals surface area contributed by atoms with Crippen molar-refractivity contribution in [3.05, 3.63) is 18.5 Å². The van der Waals surface area contributed by atoms with Crippen LogP contribution < -0.4 is 10.6 Å². The average molecular weight is 181 g/mol. The number of aromatic nitrogens is 1. The Balaban J connectivity index is 2.68. The topological polar surface area (TPSA) is 62.1 Å². The highest BCUT2D eigenvalue weighted by Crippen LogP contribution is 2.12. The second kappa shape index (κ2) is 4.09. The summed E-state index contributed by atoms with van der Waals surface area (Å²) in [7, 11) is 1.75. The van der Waals surface area contributed by atoms with E-state index < -0.39 is 0 Å². The predicted octanol–water partition coefficient (Wildman–Crippen LogP) is 0.572. The van der Waals surface area contributed by atoms with Crippen molar-refractivity contribution < 1.29 is 4.79 Å². The van der Waals surface area contributed by atoms with E-state index in [4.69, 9.17) is 5.73 Å². The van der Waals surface area contributed by atoms with Crippen LogP contribution in [-0.4, -0.2) is 24.5 Å². The van der Waals surface area contributed by atoms with Crippen LogP contribution in [0.5, 0.6) is 0 Å². The number of hydrogen-bond donors (Lipinski definition) is 2. The Morgan fingerprint density at radius 1 is 1.77 bits per heavy atom. The van der Waals surface area contributed by atoms with Crippen LogP contribution in [0.4, 0.5) is 5.69 Å². The second-order valence-corrected chi connectivity index (χ2v) is 3.10. The van der Waals surface area contributed by atoms with Crippen molar-refractivity contribution in [1.82, 2.24) is 4.98 Å². The maximum Gasteiger partial charge on any atom is 0.230 e. The Hall–Kier alpha value is -1.29. The Morgan fingerprint density at radius 2 is 2.46 bits per heavy atom. The first kappa shape index (κ1) is 9.80. The molecule has 0 aliphatic heterocycles. The summed E-state index contributed by atoms with van der Waals surface area (Å²) in [6.45, 7) is 2.21. The largest absolute Gasteiger partial charge is 0.366 e. The third-order valence-electron chi connectivity index (χ3n) is 2.07. The second-order valence-electron chi connectivity index (χ2n) is 3.10. The van der Waals surface area contributed by atoms with E-state index in [0.29, 0.717) is 6.54 Å². The van der Waals surface area contributed by atoms with Gasteiger partial charge in [-0.3, -0.25) is 4.79 Å². The zero-order valence-electron chi connectivity index (χ0n) is 7.95. The summed E-state index contributed by atoms with van der Waals surface area (Å²) >= 11 is 0. The van der Waals surface area contributed by atoms with E-state index in [1.807, 2.05) is 13.0 Å². The fourth-order valence-corrected chi connectivity index (χ4v) is 1.08. The molecule has 1 unspecified atom stereocenters. The molecule has 1 aromatic heterocycles. The molecule has 0 fully saturated rings. The van der Waals surface area contributed by atoms with Crippen molar-refractivity contribution in [3.63, 3.8) is 0 Å². The minimum absolute atomic E-state index is 0.0436. The standard InChI is InChI=1S/C9H15N3O/c1-7(5-10)9(13)12(2)8-3-4-11-6-8/h3-4,6-7,11H,5,10H2,1-2H3. The van der Waals surface area contributed by atoms with Crippen LogP contribution >= 0.6 is 0 Å². The average Bonchev–Trinajstić information content (AvgIpc) is 2.67. The normalized spacial score (nSPS) is 12.5. The lowest BCUT2D eigenvalue weighted by Gasteiger charge is -2.18. The lowest BCUT2D eigenvalue weighted by Crippen LogP contribution is -2.34. The summed E-state index contributed by atoms with van der Waals surface area (Å²) in [5.41, 5.74) is 6.27. The summed E-state index contributed by atoms with van der Waals surface area (Å²) in [4.78, 5) is 16.1. The van der Waals surface area contributed by atoms with Gasteiger partial charge in [-0.15, -0.1) is 0 Å². The fraction of sp³-hybridized carbons (Fsp3) is 0.444. The number of nitrogens with two attached hydrogens (primary N) is 1. The smallest absolute Gasteiger partial charge is 0.230 e. The van der Waals surface area contributed by atoms with Gasteiger partial charge in [0.05, 0.1) is 5.69 Å². The number of amides is 1. The monoisotopic (exact) mass is 181 g/mol. The van der Waals surface area contributed by atoms with Crippen molar-refractivity contribution >= 4 is 11.6 Å². The van der Waals surface area contributed by atoms with E-state index in [9.17, 15) is 4.79 Å². The van der Waals surface area contributed by atoms with Crippen LogP contribution in [0.1, 0.15) is 6.92 Å². The number of carbonyl (C=O) groups excluding carboxylic acids is 1. The lowest BCUT2D eigenvalue weighted by molar-refractivity contribution is -0.121. The van der Waals surface area contributed by atoms with E-state index in [0.717, 1.165) is 5.69 Å². The van der Waals surface area contributed by atoms with Crippen molar-refractivity contribution in [2.75, 3.05) is 18.5 Å². The van der Waals surface area contributed by atoms with Gasteiger partial charge in [-0.2, -0.15) is 0 Å². The molecule has 4 heteroatoms. The first-order valence-corrected chi connectivity index (χ1v) is 4.27. The number of nitrogens with zero attached hydrogens (tertiary/aromatic N) is 1. The Kier molecular flexibility index (Phi) is 3.08. The summed E-state index contributed by atoms with van der Waals surface area (Å²) in [5, 5.41) is 0. The quantitative estimate of drug-likeness (QED) is 0.716. The fourth-order valence-electron chi connectivity index (χ4n) is 1.08. The minimum atomic E-state index is -0.125. The lowest BCUT2D eigenvalue weighted by atomic mass is 10.1. The molecule has 72 valence electrons.